The van der Waals surface area contributed by atoms with Gasteiger partial charge in [-0.2, -0.15) is 13.2 Å². The van der Waals surface area contributed by atoms with Gasteiger partial charge in [0, 0.05) is 12.1 Å². The van der Waals surface area contributed by atoms with E-state index in [1.165, 1.54) is 6.92 Å². The summed E-state index contributed by atoms with van der Waals surface area (Å²) < 4.78 is 80.5. The fraction of sp³-hybridized carbons (Fsp3) is 0.312. The normalized spacial score (nSPS) is 13.7. The Bertz CT molecular complexity index is 915. The summed E-state index contributed by atoms with van der Waals surface area (Å²) in [4.78, 5) is 19.1. The lowest BCUT2D eigenvalue weighted by molar-refractivity contribution is -0.138. The Morgan fingerprint density at radius 3 is 2.14 bits per heavy atom. The molecule has 0 saturated carbocycles. The van der Waals surface area contributed by atoms with E-state index in [0.717, 1.165) is 0 Å². The van der Waals surface area contributed by atoms with Gasteiger partial charge in [-0.3, -0.25) is 4.79 Å². The van der Waals surface area contributed by atoms with Crippen molar-refractivity contribution in [2.75, 3.05) is 5.32 Å². The Kier molecular flexibility index (Phi) is 6.58. The molecular formula is C16H13ClF6N4O2. The number of alkyl halides is 3. The summed E-state index contributed by atoms with van der Waals surface area (Å²) >= 11 is 5.89. The van der Waals surface area contributed by atoms with Gasteiger partial charge < -0.3 is 15.7 Å². The highest BCUT2D eigenvalue weighted by atomic mass is 35.5. The average Bonchev–Trinajstić information content (AvgIpc) is 2.54. The van der Waals surface area contributed by atoms with Crippen molar-refractivity contribution in [2.24, 2.45) is 0 Å². The van der Waals surface area contributed by atoms with Crippen LogP contribution in [0.25, 0.3) is 11.1 Å². The molecule has 0 fully saturated rings. The lowest BCUT2D eigenvalue weighted by Crippen LogP contribution is -2.35. The van der Waals surface area contributed by atoms with Crippen LogP contribution < -0.4 is 10.6 Å². The minimum Gasteiger partial charge on any atom is -0.374 e. The Balaban J connectivity index is 2.71. The SMILES string of the molecule is CC(O)NC(=O)c1nc(Cl)c(-c2c(F)cc(F)cc2F)c(N[C@@H](C)C(F)(F)F)n1. The van der Waals surface area contributed by atoms with Crippen molar-refractivity contribution in [1.82, 2.24) is 15.3 Å². The zero-order chi connectivity index (χ0) is 22.1. The van der Waals surface area contributed by atoms with Crippen molar-refractivity contribution in [3.05, 3.63) is 40.6 Å². The number of carbonyl (C=O) groups excluding carboxylic acids is 1. The van der Waals surface area contributed by atoms with Crippen molar-refractivity contribution < 1.29 is 36.2 Å². The molecule has 1 unspecified atom stereocenters. The lowest BCUT2D eigenvalue weighted by atomic mass is 10.1. The van der Waals surface area contributed by atoms with Crippen LogP contribution in [0.15, 0.2) is 12.1 Å². The summed E-state index contributed by atoms with van der Waals surface area (Å²) in [6, 6.07) is -1.69. The highest BCUT2D eigenvalue weighted by Crippen LogP contribution is 2.38. The molecule has 0 aliphatic carbocycles. The maximum absolute atomic E-state index is 14.2. The largest absolute Gasteiger partial charge is 0.408 e. The van der Waals surface area contributed by atoms with Gasteiger partial charge in [-0.05, 0) is 13.8 Å². The van der Waals surface area contributed by atoms with Crippen LogP contribution in [0, 0.1) is 17.5 Å². The minimum absolute atomic E-state index is 0.291. The molecule has 158 valence electrons. The molecule has 0 bridgehead atoms. The third kappa shape index (κ3) is 5.26. The van der Waals surface area contributed by atoms with Gasteiger partial charge in [-0.15, -0.1) is 0 Å². The van der Waals surface area contributed by atoms with E-state index in [1.54, 1.807) is 0 Å². The molecule has 2 aromatic rings. The highest BCUT2D eigenvalue weighted by Gasteiger charge is 2.37. The fourth-order valence-corrected chi connectivity index (χ4v) is 2.45. The molecule has 0 spiro atoms. The third-order valence-electron chi connectivity index (χ3n) is 3.51. The molecule has 1 aromatic carbocycles. The van der Waals surface area contributed by atoms with E-state index in [1.807, 2.05) is 10.6 Å². The van der Waals surface area contributed by atoms with Crippen LogP contribution in [-0.4, -0.2) is 39.4 Å². The zero-order valence-corrected chi connectivity index (χ0v) is 15.5. The van der Waals surface area contributed by atoms with Crippen molar-refractivity contribution >= 4 is 23.3 Å². The maximum atomic E-state index is 14.2. The maximum Gasteiger partial charge on any atom is 0.408 e. The standard InChI is InChI=1S/C16H13ClF6N4O2/c1-5(16(21,22)23)24-13-11(10-8(19)3-7(18)4-9(10)20)12(17)26-14(27-13)15(29)25-6(2)28/h3-6,28H,1-2H3,(H,25,29)(H,24,26,27)/t5-,6?/m0/s1. The van der Waals surface area contributed by atoms with Crippen molar-refractivity contribution in [1.29, 1.82) is 0 Å². The van der Waals surface area contributed by atoms with Crippen molar-refractivity contribution in [2.45, 2.75) is 32.3 Å². The number of rotatable bonds is 5. The highest BCUT2D eigenvalue weighted by molar-refractivity contribution is 6.33. The van der Waals surface area contributed by atoms with E-state index >= 15 is 0 Å². The van der Waals surface area contributed by atoms with Crippen molar-refractivity contribution in [3.63, 3.8) is 0 Å². The first kappa shape index (κ1) is 22.7. The Morgan fingerprint density at radius 2 is 1.66 bits per heavy atom. The molecule has 1 heterocycles. The first-order valence-electron chi connectivity index (χ1n) is 7.86. The van der Waals surface area contributed by atoms with Crippen LogP contribution >= 0.6 is 11.6 Å². The van der Waals surface area contributed by atoms with Gasteiger partial charge in [0.1, 0.15) is 40.7 Å². The second kappa shape index (κ2) is 8.41. The van der Waals surface area contributed by atoms with E-state index < -0.39 is 69.7 Å². The number of hydrogen-bond acceptors (Lipinski definition) is 5. The summed E-state index contributed by atoms with van der Waals surface area (Å²) in [5.41, 5.74) is -1.73. The summed E-state index contributed by atoms with van der Waals surface area (Å²) in [6.45, 7) is 1.86. The van der Waals surface area contributed by atoms with Crippen molar-refractivity contribution in [3.8, 4) is 11.1 Å². The van der Waals surface area contributed by atoms with Gasteiger partial charge in [0.15, 0.2) is 0 Å². The smallest absolute Gasteiger partial charge is 0.374 e. The fourth-order valence-electron chi connectivity index (χ4n) is 2.18. The number of aliphatic hydroxyl groups excluding tert-OH is 1. The average molecular weight is 443 g/mol. The molecule has 1 amide bonds. The predicted molar refractivity (Wildman–Crippen MR) is 90.6 cm³/mol. The number of aliphatic hydroxyl groups is 1. The van der Waals surface area contributed by atoms with Gasteiger partial charge in [0.2, 0.25) is 5.82 Å². The number of anilines is 1. The van der Waals surface area contributed by atoms with Gasteiger partial charge in [-0.1, -0.05) is 11.6 Å². The summed E-state index contributed by atoms with van der Waals surface area (Å²) in [7, 11) is 0. The zero-order valence-electron chi connectivity index (χ0n) is 14.7. The van der Waals surface area contributed by atoms with Gasteiger partial charge in [0.25, 0.3) is 5.91 Å². The predicted octanol–water partition coefficient (Wildman–Crippen LogP) is 3.65. The van der Waals surface area contributed by atoms with Gasteiger partial charge >= 0.3 is 6.18 Å². The molecule has 1 aromatic heterocycles. The van der Waals surface area contributed by atoms with E-state index in [0.29, 0.717) is 19.1 Å². The second-order valence-electron chi connectivity index (χ2n) is 5.86. The Labute approximate surface area is 164 Å². The van der Waals surface area contributed by atoms with Crippen LogP contribution in [-0.2, 0) is 0 Å². The topological polar surface area (TPSA) is 87.1 Å². The molecule has 2 rings (SSSR count). The lowest BCUT2D eigenvalue weighted by Gasteiger charge is -2.21. The second-order valence-corrected chi connectivity index (χ2v) is 6.22. The summed E-state index contributed by atoms with van der Waals surface area (Å²) in [6.07, 6.45) is -6.15. The van der Waals surface area contributed by atoms with Crippen LogP contribution in [0.3, 0.4) is 0 Å². The molecule has 0 saturated heterocycles. The molecule has 3 N–H and O–H groups in total. The number of aromatic nitrogens is 2. The van der Waals surface area contributed by atoms with E-state index in [4.69, 9.17) is 11.6 Å². The number of hydrogen-bond donors (Lipinski definition) is 3. The summed E-state index contributed by atoms with van der Waals surface area (Å²) in [5, 5.41) is 12.3. The van der Waals surface area contributed by atoms with Crippen LogP contribution in [0.2, 0.25) is 5.15 Å². The Morgan fingerprint density at radius 1 is 1.10 bits per heavy atom. The number of halogens is 7. The minimum atomic E-state index is -4.80. The molecule has 29 heavy (non-hydrogen) atoms. The molecule has 6 nitrogen and oxygen atoms in total. The van der Waals surface area contributed by atoms with Crippen LogP contribution in [0.1, 0.15) is 24.5 Å². The monoisotopic (exact) mass is 442 g/mol. The van der Waals surface area contributed by atoms with Gasteiger partial charge in [-0.25, -0.2) is 23.1 Å². The van der Waals surface area contributed by atoms with E-state index in [2.05, 4.69) is 9.97 Å². The number of amides is 1. The summed E-state index contributed by atoms with van der Waals surface area (Å²) in [5.74, 6) is -6.94. The quantitative estimate of drug-likeness (QED) is 0.374. The van der Waals surface area contributed by atoms with Gasteiger partial charge in [0.05, 0.1) is 11.1 Å². The molecule has 0 aliphatic rings. The third-order valence-corrected chi connectivity index (χ3v) is 3.78. The first-order chi connectivity index (χ1) is 13.3. The molecular weight excluding hydrogens is 430 g/mol. The number of benzene rings is 1. The van der Waals surface area contributed by atoms with Crippen LogP contribution in [0.5, 0.6) is 0 Å². The molecule has 0 radical (unpaired) electrons. The molecule has 2 atom stereocenters. The molecule has 0 aliphatic heterocycles. The molecule has 13 heteroatoms. The number of nitrogens with zero attached hydrogens (tertiary/aromatic N) is 2. The van der Waals surface area contributed by atoms with E-state index in [9.17, 15) is 36.2 Å². The Hall–Kier alpha value is -2.60. The van der Waals surface area contributed by atoms with E-state index in [-0.39, 0.29) is 0 Å². The number of carbonyl (C=O) groups is 1. The number of nitrogens with one attached hydrogen (secondary N) is 2. The first-order valence-corrected chi connectivity index (χ1v) is 8.23. The van der Waals surface area contributed by atoms with Crippen LogP contribution in [0.4, 0.5) is 32.2 Å².